The van der Waals surface area contributed by atoms with Gasteiger partial charge in [-0.15, -0.1) is 6.58 Å². The first kappa shape index (κ1) is 25.2. The van der Waals surface area contributed by atoms with Gasteiger partial charge in [0, 0.05) is 0 Å². The van der Waals surface area contributed by atoms with Crippen molar-refractivity contribution >= 4 is 0 Å². The number of hydrogen-bond acceptors (Lipinski definition) is 0. The topological polar surface area (TPSA) is 0 Å². The third-order valence-electron chi connectivity index (χ3n) is 3.78. The summed E-state index contributed by atoms with van der Waals surface area (Å²) in [6, 6.07) is 10.6. The number of rotatable bonds is 8. The second-order valence-corrected chi connectivity index (χ2v) is 6.04. The second-order valence-electron chi connectivity index (χ2n) is 6.04. The van der Waals surface area contributed by atoms with Gasteiger partial charge in [-0.1, -0.05) is 108 Å². The molecule has 0 bridgehead atoms. The predicted octanol–water partition coefficient (Wildman–Crippen LogP) is 7.96. The zero-order valence-corrected chi connectivity index (χ0v) is 17.1. The van der Waals surface area contributed by atoms with Gasteiger partial charge in [0.05, 0.1) is 0 Å². The lowest BCUT2D eigenvalue weighted by molar-refractivity contribution is 0.680. The van der Waals surface area contributed by atoms with E-state index in [2.05, 4.69) is 77.4 Å². The van der Waals surface area contributed by atoms with Crippen LogP contribution in [0.2, 0.25) is 0 Å². The van der Waals surface area contributed by atoms with Gasteiger partial charge in [-0.25, -0.2) is 0 Å². The van der Waals surface area contributed by atoms with Gasteiger partial charge in [-0.3, -0.25) is 0 Å². The van der Waals surface area contributed by atoms with Gasteiger partial charge >= 0.3 is 0 Å². The standard InChI is InChI=1S/C12H16.C11H16.C2H6/c1-10(2)11(3)9-12-7-5-4-6-8-12;1-5-8-11(7-3)9-10(4)6-2;1-2/h4-8,11H,1,9H2,2-3H3;5-8,10H,1-3,9H2,4H3;1-2H3/b;11-8+;. The SMILES string of the molecule is C=C(C)C(C)Cc1ccccc1.C=C/C=C(\C=C)CC(C)C=C.CC. The molecule has 0 spiro atoms. The fourth-order valence-corrected chi connectivity index (χ4v) is 1.97. The molecule has 0 nitrogen and oxygen atoms in total. The summed E-state index contributed by atoms with van der Waals surface area (Å²) in [4.78, 5) is 0. The summed E-state index contributed by atoms with van der Waals surface area (Å²) in [5.74, 6) is 1.10. The van der Waals surface area contributed by atoms with E-state index in [-0.39, 0.29) is 0 Å². The molecule has 138 valence electrons. The Morgan fingerprint density at radius 2 is 1.60 bits per heavy atom. The fraction of sp³-hybridized carbons (Fsp3) is 0.360. The highest BCUT2D eigenvalue weighted by Gasteiger charge is 2.02. The Morgan fingerprint density at radius 3 is 2.00 bits per heavy atom. The molecule has 2 atom stereocenters. The first-order valence-corrected chi connectivity index (χ1v) is 9.20. The molecule has 25 heavy (non-hydrogen) atoms. The van der Waals surface area contributed by atoms with Crippen LogP contribution in [-0.4, -0.2) is 0 Å². The zero-order valence-electron chi connectivity index (χ0n) is 17.1. The Balaban J connectivity index is 0. The summed E-state index contributed by atoms with van der Waals surface area (Å²) in [5, 5.41) is 0. The van der Waals surface area contributed by atoms with Crippen LogP contribution in [0.3, 0.4) is 0 Å². The summed E-state index contributed by atoms with van der Waals surface area (Å²) < 4.78 is 0. The molecule has 0 heteroatoms. The molecule has 0 saturated carbocycles. The van der Waals surface area contributed by atoms with Crippen LogP contribution < -0.4 is 0 Å². The van der Waals surface area contributed by atoms with Crippen LogP contribution in [0.1, 0.15) is 46.6 Å². The Hall–Kier alpha value is -2.08. The third-order valence-corrected chi connectivity index (χ3v) is 3.78. The molecule has 2 unspecified atom stereocenters. The normalized spacial score (nSPS) is 12.3. The average molecular weight is 339 g/mol. The molecule has 0 saturated heterocycles. The molecular formula is C25H38. The van der Waals surface area contributed by atoms with Crippen molar-refractivity contribution in [3.05, 3.63) is 97.7 Å². The highest BCUT2D eigenvalue weighted by Crippen LogP contribution is 2.14. The Kier molecular flexibility index (Phi) is 16.9. The predicted molar refractivity (Wildman–Crippen MR) is 118 cm³/mol. The molecule has 1 rings (SSSR count). The monoisotopic (exact) mass is 338 g/mol. The lowest BCUT2D eigenvalue weighted by Gasteiger charge is -2.10. The third kappa shape index (κ3) is 14.0. The summed E-state index contributed by atoms with van der Waals surface area (Å²) in [6.45, 7) is 25.5. The highest BCUT2D eigenvalue weighted by atomic mass is 14.1. The van der Waals surface area contributed by atoms with E-state index in [1.54, 1.807) is 6.08 Å². The summed E-state index contributed by atoms with van der Waals surface area (Å²) in [5.41, 5.74) is 3.87. The van der Waals surface area contributed by atoms with E-state index < -0.39 is 0 Å². The van der Waals surface area contributed by atoms with Crippen molar-refractivity contribution in [3.63, 3.8) is 0 Å². The number of benzene rings is 1. The van der Waals surface area contributed by atoms with Crippen molar-refractivity contribution in [3.8, 4) is 0 Å². The van der Waals surface area contributed by atoms with Crippen LogP contribution in [0, 0.1) is 11.8 Å². The molecule has 1 aromatic carbocycles. The second kappa shape index (κ2) is 16.8. The van der Waals surface area contributed by atoms with Crippen LogP contribution in [0.5, 0.6) is 0 Å². The van der Waals surface area contributed by atoms with E-state index in [1.165, 1.54) is 16.7 Å². The minimum Gasteiger partial charge on any atom is -0.103 e. The van der Waals surface area contributed by atoms with Gasteiger partial charge in [-0.05, 0) is 42.7 Å². The molecule has 0 aromatic heterocycles. The smallest absolute Gasteiger partial charge is 0.0197 e. The van der Waals surface area contributed by atoms with E-state index >= 15 is 0 Å². The van der Waals surface area contributed by atoms with Crippen LogP contribution in [-0.2, 0) is 6.42 Å². The van der Waals surface area contributed by atoms with Gasteiger partial charge in [0.15, 0.2) is 0 Å². The first-order chi connectivity index (χ1) is 11.9. The fourth-order valence-electron chi connectivity index (χ4n) is 1.97. The van der Waals surface area contributed by atoms with E-state index in [0.29, 0.717) is 11.8 Å². The van der Waals surface area contributed by atoms with Crippen molar-refractivity contribution in [2.45, 2.75) is 47.5 Å². The number of hydrogen-bond donors (Lipinski definition) is 0. The quantitative estimate of drug-likeness (QED) is 0.333. The van der Waals surface area contributed by atoms with Crippen molar-refractivity contribution < 1.29 is 0 Å². The maximum Gasteiger partial charge on any atom is -0.0197 e. The molecular weight excluding hydrogens is 300 g/mol. The minimum atomic E-state index is 0.513. The summed E-state index contributed by atoms with van der Waals surface area (Å²) in [7, 11) is 0. The van der Waals surface area contributed by atoms with E-state index in [1.807, 2.05) is 32.1 Å². The van der Waals surface area contributed by atoms with Crippen molar-refractivity contribution in [2.24, 2.45) is 11.8 Å². The van der Waals surface area contributed by atoms with Crippen LogP contribution in [0.25, 0.3) is 0 Å². The van der Waals surface area contributed by atoms with E-state index in [9.17, 15) is 0 Å². The average Bonchev–Trinajstić information content (AvgIpc) is 2.64. The minimum absolute atomic E-state index is 0.513. The molecule has 0 fully saturated rings. The number of allylic oxidation sites excluding steroid dienone is 6. The van der Waals surface area contributed by atoms with Gasteiger partial charge in [-0.2, -0.15) is 0 Å². The van der Waals surface area contributed by atoms with Crippen molar-refractivity contribution in [2.75, 3.05) is 0 Å². The van der Waals surface area contributed by atoms with Gasteiger partial charge in [0.25, 0.3) is 0 Å². The highest BCUT2D eigenvalue weighted by molar-refractivity contribution is 5.21. The molecule has 0 aliphatic rings. The summed E-state index contributed by atoms with van der Waals surface area (Å²) >= 11 is 0. The first-order valence-electron chi connectivity index (χ1n) is 9.20. The Bertz CT molecular complexity index is 516. The van der Waals surface area contributed by atoms with Crippen molar-refractivity contribution in [1.29, 1.82) is 0 Å². The maximum atomic E-state index is 3.95. The van der Waals surface area contributed by atoms with Crippen LogP contribution in [0.4, 0.5) is 0 Å². The molecule has 0 amide bonds. The molecule has 0 aliphatic heterocycles. The van der Waals surface area contributed by atoms with Gasteiger partial charge in [0.1, 0.15) is 0 Å². The maximum absolute atomic E-state index is 3.95. The van der Waals surface area contributed by atoms with Crippen molar-refractivity contribution in [1.82, 2.24) is 0 Å². The Morgan fingerprint density at radius 1 is 1.04 bits per heavy atom. The molecule has 0 heterocycles. The lowest BCUT2D eigenvalue weighted by atomic mass is 9.96. The van der Waals surface area contributed by atoms with Gasteiger partial charge in [0.2, 0.25) is 0 Å². The zero-order chi connectivity index (χ0) is 19.7. The van der Waals surface area contributed by atoms with E-state index in [4.69, 9.17) is 0 Å². The largest absolute Gasteiger partial charge is 0.103 e. The van der Waals surface area contributed by atoms with E-state index in [0.717, 1.165) is 12.8 Å². The molecule has 0 radical (unpaired) electrons. The molecule has 1 aromatic rings. The van der Waals surface area contributed by atoms with Crippen LogP contribution in [0.15, 0.2) is 92.1 Å². The lowest BCUT2D eigenvalue weighted by Crippen LogP contribution is -1.99. The summed E-state index contributed by atoms with van der Waals surface area (Å²) in [6.07, 6.45) is 9.68. The van der Waals surface area contributed by atoms with Crippen LogP contribution >= 0.6 is 0 Å². The van der Waals surface area contributed by atoms with Gasteiger partial charge < -0.3 is 0 Å². The molecule has 0 N–H and O–H groups in total. The molecule has 0 aliphatic carbocycles. The Labute approximate surface area is 157 Å².